The number of thiophene rings is 2. The number of hydrogen-bond donors (Lipinski definition) is 0. The summed E-state index contributed by atoms with van der Waals surface area (Å²) >= 11 is 3.01. The maximum absolute atomic E-state index is 13.4. The number of azo groups is 1. The van der Waals surface area contributed by atoms with Crippen LogP contribution < -0.4 is 4.90 Å². The van der Waals surface area contributed by atoms with Crippen molar-refractivity contribution < 1.29 is 23.9 Å². The van der Waals surface area contributed by atoms with E-state index < -0.39 is 0 Å². The van der Waals surface area contributed by atoms with Crippen molar-refractivity contribution in [1.29, 1.82) is 5.26 Å². The summed E-state index contributed by atoms with van der Waals surface area (Å²) in [6, 6.07) is 17.3. The number of anilines is 1. The molecule has 326 valence electrons. The van der Waals surface area contributed by atoms with Crippen molar-refractivity contribution in [3.63, 3.8) is 0 Å². The number of carbonyl (C=O) groups is 3. The van der Waals surface area contributed by atoms with Crippen LogP contribution in [0.2, 0.25) is 0 Å². The van der Waals surface area contributed by atoms with Crippen LogP contribution in [-0.4, -0.2) is 55.6 Å². The highest BCUT2D eigenvalue weighted by atomic mass is 32.1. The smallest absolute Gasteiger partial charge is 0.308 e. The number of carbonyl (C=O) groups excluding carboxylic acids is 3. The van der Waals surface area contributed by atoms with Gasteiger partial charge in [-0.05, 0) is 86.7 Å². The first-order valence-electron chi connectivity index (χ1n) is 21.6. The first-order chi connectivity index (χ1) is 30.2. The Bertz CT molecular complexity index is 2180. The molecule has 2 atom stereocenters. The van der Waals surface area contributed by atoms with Gasteiger partial charge in [-0.15, -0.1) is 32.9 Å². The Labute approximate surface area is 374 Å². The van der Waals surface area contributed by atoms with Crippen LogP contribution in [0.1, 0.15) is 104 Å². The highest BCUT2D eigenvalue weighted by Gasteiger charge is 2.36. The van der Waals surface area contributed by atoms with Crippen molar-refractivity contribution >= 4 is 63.0 Å². The number of benzene rings is 1. The molecule has 62 heavy (non-hydrogen) atoms. The molecule has 12 nitrogen and oxygen atoms in total. The Hall–Kier alpha value is -5.88. The first-order valence-corrected chi connectivity index (χ1v) is 23.2. The molecule has 14 heteroatoms. The second kappa shape index (κ2) is 25.8. The van der Waals surface area contributed by atoms with E-state index in [1.807, 2.05) is 75.4 Å². The van der Waals surface area contributed by atoms with Crippen LogP contribution in [-0.2, 0) is 23.9 Å². The highest BCUT2D eigenvalue weighted by Crippen LogP contribution is 2.39. The normalized spacial score (nSPS) is 14.5. The predicted molar refractivity (Wildman–Crippen MR) is 248 cm³/mol. The molecule has 0 bridgehead atoms. The zero-order chi connectivity index (χ0) is 44.9. The van der Waals surface area contributed by atoms with Crippen molar-refractivity contribution in [2.45, 2.75) is 98.8 Å². The summed E-state index contributed by atoms with van der Waals surface area (Å²) in [5.74, 6) is -0.923. The number of amides is 1. The summed E-state index contributed by atoms with van der Waals surface area (Å²) in [6.07, 6.45) is 12.0. The van der Waals surface area contributed by atoms with E-state index in [-0.39, 0.29) is 65.6 Å². The standard InChI is InChI=1S/C48H57N7O5S2/c1-8-13-16-34(11-4)47(57)59-31-29-54(30-32-60-48(58)35(12-5)17-14-9-2)37-20-18-36(19-21-37)52-53-43-27-26-42(62-43)41-25-23-38(61-41)22-24-39-44(51-7)45(40(33-49)50-6)55(46(39)56)28-15-10-3/h18-27,34-35H,8-17,28-32H2,1-5H3/b24-22+,45-40+,53-52?. The predicted octanol–water partition coefficient (Wildman–Crippen LogP) is 12.7. The minimum absolute atomic E-state index is 0.0219. The van der Waals surface area contributed by atoms with Crippen molar-refractivity contribution in [2.24, 2.45) is 22.1 Å². The van der Waals surface area contributed by atoms with Gasteiger partial charge in [-0.1, -0.05) is 72.8 Å². The van der Waals surface area contributed by atoms with Crippen LogP contribution in [0.4, 0.5) is 16.4 Å². The lowest BCUT2D eigenvalue weighted by atomic mass is 10.00. The molecule has 3 heterocycles. The van der Waals surface area contributed by atoms with Crippen LogP contribution >= 0.6 is 22.7 Å². The maximum Gasteiger partial charge on any atom is 0.308 e. The SMILES string of the molecule is [C-]#[N+]C1=C(/C=C/c2ccc(-c3ccc(N=Nc4ccc(N(CCOC(=O)C(CC)CCCC)CCOC(=O)C(CC)CCCC)cc4)s3)s2)C(=O)N(CCCC)/C1=C(\C#N)[N+]#[C-]. The number of hydrogen-bond acceptors (Lipinski definition) is 11. The van der Waals surface area contributed by atoms with Gasteiger partial charge >= 0.3 is 11.9 Å². The van der Waals surface area contributed by atoms with Crippen LogP contribution in [0.25, 0.3) is 25.5 Å². The Morgan fingerprint density at radius 1 is 0.823 bits per heavy atom. The Balaban J connectivity index is 1.43. The molecule has 0 fully saturated rings. The number of allylic oxidation sites excluding steroid dienone is 1. The van der Waals surface area contributed by atoms with Crippen LogP contribution in [0.3, 0.4) is 0 Å². The summed E-state index contributed by atoms with van der Waals surface area (Å²) < 4.78 is 11.5. The number of nitriles is 1. The molecule has 0 saturated heterocycles. The molecule has 3 aromatic rings. The van der Waals surface area contributed by atoms with Gasteiger partial charge in [-0.3, -0.25) is 14.4 Å². The van der Waals surface area contributed by atoms with Gasteiger partial charge in [0.05, 0.1) is 55.5 Å². The lowest BCUT2D eigenvalue weighted by Gasteiger charge is -2.25. The molecule has 0 spiro atoms. The van der Waals surface area contributed by atoms with Crippen molar-refractivity contribution in [2.75, 3.05) is 37.7 Å². The second-order valence-corrected chi connectivity index (χ2v) is 17.0. The largest absolute Gasteiger partial charge is 0.464 e. The Kier molecular flexibility index (Phi) is 20.3. The highest BCUT2D eigenvalue weighted by molar-refractivity contribution is 7.24. The van der Waals surface area contributed by atoms with E-state index in [2.05, 4.69) is 38.7 Å². The number of rotatable bonds is 25. The van der Waals surface area contributed by atoms with E-state index in [4.69, 9.17) is 22.6 Å². The molecule has 1 aliphatic heterocycles. The number of ether oxygens (including phenoxy) is 2. The number of unbranched alkanes of at least 4 members (excludes halogenated alkanes) is 3. The zero-order valence-corrected chi connectivity index (χ0v) is 38.2. The third kappa shape index (κ3) is 13.6. The van der Waals surface area contributed by atoms with Crippen LogP contribution in [0, 0.1) is 36.3 Å². The average Bonchev–Trinajstić information content (AvgIpc) is 4.03. The lowest BCUT2D eigenvalue weighted by molar-refractivity contribution is -0.149. The van der Waals surface area contributed by atoms with Gasteiger partial charge in [0.1, 0.15) is 18.2 Å². The molecule has 0 radical (unpaired) electrons. The molecule has 2 aromatic heterocycles. The monoisotopic (exact) mass is 875 g/mol. The fraction of sp³-hybridized carbons (Fsp3) is 0.458. The third-order valence-corrected chi connectivity index (χ3v) is 12.8. The molecule has 0 saturated carbocycles. The third-order valence-electron chi connectivity index (χ3n) is 10.5. The van der Waals surface area contributed by atoms with Crippen molar-refractivity contribution in [3.8, 4) is 15.8 Å². The molecule has 0 N–H and O–H groups in total. The quantitative estimate of drug-likeness (QED) is 0.0358. The maximum atomic E-state index is 13.4. The summed E-state index contributed by atoms with van der Waals surface area (Å²) in [5.41, 5.74) is 1.56. The van der Waals surface area contributed by atoms with E-state index in [1.54, 1.807) is 12.2 Å². The fourth-order valence-electron chi connectivity index (χ4n) is 6.86. The molecule has 1 aromatic carbocycles. The second-order valence-electron chi connectivity index (χ2n) is 14.8. The van der Waals surface area contributed by atoms with Crippen LogP contribution in [0.15, 0.2) is 87.5 Å². The van der Waals surface area contributed by atoms with E-state index in [9.17, 15) is 19.6 Å². The summed E-state index contributed by atoms with van der Waals surface area (Å²) in [7, 11) is 0. The van der Waals surface area contributed by atoms with Gasteiger partial charge in [0, 0.05) is 32.4 Å². The van der Waals surface area contributed by atoms with Crippen molar-refractivity contribution in [3.05, 3.63) is 105 Å². The fourth-order valence-corrected chi connectivity index (χ4v) is 8.68. The summed E-state index contributed by atoms with van der Waals surface area (Å²) in [6.45, 7) is 27.1. The average molecular weight is 876 g/mol. The van der Waals surface area contributed by atoms with E-state index in [0.29, 0.717) is 31.7 Å². The molecule has 1 aliphatic rings. The minimum atomic E-state index is -0.383. The Morgan fingerprint density at radius 2 is 1.42 bits per heavy atom. The lowest BCUT2D eigenvalue weighted by Crippen LogP contribution is -2.33. The number of esters is 2. The topological polar surface area (TPSA) is 133 Å². The molecule has 0 aliphatic carbocycles. The molecule has 2 unspecified atom stereocenters. The van der Waals surface area contributed by atoms with Crippen molar-refractivity contribution in [1.82, 2.24) is 4.90 Å². The molecule has 1 amide bonds. The van der Waals surface area contributed by atoms with E-state index in [1.165, 1.54) is 27.6 Å². The van der Waals surface area contributed by atoms with Gasteiger partial charge in [-0.25, -0.2) is 15.0 Å². The summed E-state index contributed by atoms with van der Waals surface area (Å²) in [4.78, 5) is 52.2. The van der Waals surface area contributed by atoms with Gasteiger partial charge in [0.15, 0.2) is 0 Å². The van der Waals surface area contributed by atoms with Gasteiger partial charge < -0.3 is 19.3 Å². The zero-order valence-electron chi connectivity index (χ0n) is 36.5. The van der Waals surface area contributed by atoms with E-state index >= 15 is 0 Å². The molecular formula is C48H57N7O5S2. The van der Waals surface area contributed by atoms with Gasteiger partial charge in [0.2, 0.25) is 11.6 Å². The molecule has 4 rings (SSSR count). The van der Waals surface area contributed by atoms with E-state index in [0.717, 1.165) is 83.1 Å². The summed E-state index contributed by atoms with van der Waals surface area (Å²) in [5, 5.41) is 19.3. The first kappa shape index (κ1) is 48.8. The van der Waals surface area contributed by atoms with Crippen LogP contribution in [0.5, 0.6) is 0 Å². The Morgan fingerprint density at radius 3 is 1.97 bits per heavy atom. The van der Waals surface area contributed by atoms with Gasteiger partial charge in [0.25, 0.3) is 5.70 Å². The minimum Gasteiger partial charge on any atom is -0.464 e. The van der Waals surface area contributed by atoms with Gasteiger partial charge in [-0.2, -0.15) is 0 Å². The molecular weight excluding hydrogens is 819 g/mol. The number of nitrogens with zero attached hydrogens (tertiary/aromatic N) is 7.